The van der Waals surface area contributed by atoms with E-state index in [1.807, 2.05) is 13.0 Å². The van der Waals surface area contributed by atoms with Crippen molar-refractivity contribution in [3.05, 3.63) is 51.7 Å². The Kier molecular flexibility index (Phi) is 4.37. The molecule has 0 bridgehead atoms. The number of para-hydroxylation sites is 2. The van der Waals surface area contributed by atoms with Crippen molar-refractivity contribution in [3.63, 3.8) is 0 Å². The first-order valence-corrected chi connectivity index (χ1v) is 6.63. The van der Waals surface area contributed by atoms with E-state index in [9.17, 15) is 9.59 Å². The van der Waals surface area contributed by atoms with Crippen LogP contribution in [-0.4, -0.2) is 22.5 Å². The Morgan fingerprint density at radius 3 is 2.71 bits per heavy atom. The third kappa shape index (κ3) is 3.28. The van der Waals surface area contributed by atoms with Gasteiger partial charge in [0, 0.05) is 0 Å². The SMILES string of the molecule is CCOc1ccccc1NC(=O)c1c(C)nc(C)[nH]c1=O. The molecule has 2 N–H and O–H groups in total. The molecule has 0 fully saturated rings. The lowest BCUT2D eigenvalue weighted by Gasteiger charge is -2.11. The molecule has 0 spiro atoms. The summed E-state index contributed by atoms with van der Waals surface area (Å²) in [4.78, 5) is 30.8. The largest absolute Gasteiger partial charge is 0.492 e. The smallest absolute Gasteiger partial charge is 0.264 e. The van der Waals surface area contributed by atoms with Gasteiger partial charge in [-0.3, -0.25) is 9.59 Å². The number of ether oxygens (including phenoxy) is 1. The summed E-state index contributed by atoms with van der Waals surface area (Å²) < 4.78 is 5.44. The molecule has 6 heteroatoms. The average molecular weight is 287 g/mol. The van der Waals surface area contributed by atoms with Gasteiger partial charge in [-0.15, -0.1) is 0 Å². The Balaban J connectivity index is 2.33. The van der Waals surface area contributed by atoms with Crippen molar-refractivity contribution in [2.24, 2.45) is 0 Å². The number of aryl methyl sites for hydroxylation is 2. The molecule has 0 aliphatic rings. The summed E-state index contributed by atoms with van der Waals surface area (Å²) in [6.07, 6.45) is 0. The fourth-order valence-corrected chi connectivity index (χ4v) is 2.03. The molecule has 1 aromatic carbocycles. The van der Waals surface area contributed by atoms with Crippen LogP contribution in [0.15, 0.2) is 29.1 Å². The molecule has 1 aromatic heterocycles. The number of benzene rings is 1. The first kappa shape index (κ1) is 14.8. The predicted octanol–water partition coefficient (Wildman–Crippen LogP) is 2.04. The van der Waals surface area contributed by atoms with Crippen molar-refractivity contribution in [2.45, 2.75) is 20.8 Å². The van der Waals surface area contributed by atoms with Crippen molar-refractivity contribution in [1.29, 1.82) is 0 Å². The van der Waals surface area contributed by atoms with Gasteiger partial charge in [-0.2, -0.15) is 0 Å². The Labute approximate surface area is 122 Å². The lowest BCUT2D eigenvalue weighted by Crippen LogP contribution is -2.26. The summed E-state index contributed by atoms with van der Waals surface area (Å²) in [7, 11) is 0. The molecule has 0 aliphatic carbocycles. The fourth-order valence-electron chi connectivity index (χ4n) is 2.03. The summed E-state index contributed by atoms with van der Waals surface area (Å²) in [5.74, 6) is 0.527. The number of hydrogen-bond acceptors (Lipinski definition) is 4. The quantitative estimate of drug-likeness (QED) is 0.901. The van der Waals surface area contributed by atoms with Gasteiger partial charge in [-0.25, -0.2) is 4.98 Å². The van der Waals surface area contributed by atoms with E-state index in [0.29, 0.717) is 29.6 Å². The number of aromatic nitrogens is 2. The monoisotopic (exact) mass is 287 g/mol. The van der Waals surface area contributed by atoms with Crippen LogP contribution in [0.5, 0.6) is 5.75 Å². The second-order valence-corrected chi connectivity index (χ2v) is 4.50. The molecule has 6 nitrogen and oxygen atoms in total. The van der Waals surface area contributed by atoms with Gasteiger partial charge in [0.1, 0.15) is 17.1 Å². The number of nitrogens with zero attached hydrogens (tertiary/aromatic N) is 1. The third-order valence-corrected chi connectivity index (χ3v) is 2.88. The number of H-pyrrole nitrogens is 1. The van der Waals surface area contributed by atoms with Gasteiger partial charge >= 0.3 is 0 Å². The molecule has 2 aromatic rings. The first-order chi connectivity index (χ1) is 10.0. The molecular formula is C15H17N3O3. The Morgan fingerprint density at radius 1 is 1.33 bits per heavy atom. The van der Waals surface area contributed by atoms with E-state index in [1.54, 1.807) is 32.0 Å². The Morgan fingerprint density at radius 2 is 2.05 bits per heavy atom. The van der Waals surface area contributed by atoms with Crippen molar-refractivity contribution in [2.75, 3.05) is 11.9 Å². The summed E-state index contributed by atoms with van der Waals surface area (Å²) in [5.41, 5.74) is 0.463. The molecule has 0 saturated carbocycles. The minimum Gasteiger partial charge on any atom is -0.492 e. The standard InChI is InChI=1S/C15H17N3O3/c1-4-21-12-8-6-5-7-11(12)18-15(20)13-9(2)16-10(3)17-14(13)19/h5-8H,4H2,1-3H3,(H,18,20)(H,16,17,19). The minimum atomic E-state index is -0.506. The van der Waals surface area contributed by atoms with Gasteiger partial charge in [0.25, 0.3) is 11.5 Å². The van der Waals surface area contributed by atoms with Gasteiger partial charge in [0.2, 0.25) is 0 Å². The zero-order chi connectivity index (χ0) is 15.4. The second kappa shape index (κ2) is 6.21. The lowest BCUT2D eigenvalue weighted by molar-refractivity contribution is 0.102. The minimum absolute atomic E-state index is 0.00639. The van der Waals surface area contributed by atoms with E-state index >= 15 is 0 Å². The molecule has 110 valence electrons. The highest BCUT2D eigenvalue weighted by atomic mass is 16.5. The van der Waals surface area contributed by atoms with Gasteiger partial charge in [0.15, 0.2) is 0 Å². The molecule has 1 heterocycles. The highest BCUT2D eigenvalue weighted by Gasteiger charge is 2.17. The number of hydrogen-bond donors (Lipinski definition) is 2. The van der Waals surface area contributed by atoms with Crippen LogP contribution in [0.3, 0.4) is 0 Å². The van der Waals surface area contributed by atoms with E-state index in [2.05, 4.69) is 15.3 Å². The van der Waals surface area contributed by atoms with Gasteiger partial charge in [0.05, 0.1) is 18.0 Å². The number of carbonyl (C=O) groups is 1. The van der Waals surface area contributed by atoms with E-state index in [-0.39, 0.29) is 5.56 Å². The van der Waals surface area contributed by atoms with Crippen molar-refractivity contribution in [3.8, 4) is 5.75 Å². The average Bonchev–Trinajstić information content (AvgIpc) is 2.40. The molecule has 0 saturated heterocycles. The lowest BCUT2D eigenvalue weighted by atomic mass is 10.2. The van der Waals surface area contributed by atoms with Crippen LogP contribution in [-0.2, 0) is 0 Å². The van der Waals surface area contributed by atoms with E-state index in [0.717, 1.165) is 0 Å². The maximum absolute atomic E-state index is 12.3. The normalized spacial score (nSPS) is 10.2. The van der Waals surface area contributed by atoms with Gasteiger partial charge < -0.3 is 15.0 Å². The fraction of sp³-hybridized carbons (Fsp3) is 0.267. The molecule has 2 rings (SSSR count). The highest BCUT2D eigenvalue weighted by molar-refractivity contribution is 6.05. The number of anilines is 1. The second-order valence-electron chi connectivity index (χ2n) is 4.50. The summed E-state index contributed by atoms with van der Waals surface area (Å²) in [6, 6.07) is 7.06. The Bertz CT molecular complexity index is 722. The van der Waals surface area contributed by atoms with E-state index in [4.69, 9.17) is 4.74 Å². The van der Waals surface area contributed by atoms with Crippen LogP contribution in [0.25, 0.3) is 0 Å². The van der Waals surface area contributed by atoms with Crippen LogP contribution in [0, 0.1) is 13.8 Å². The van der Waals surface area contributed by atoms with Crippen LogP contribution in [0.4, 0.5) is 5.69 Å². The molecule has 0 unspecified atom stereocenters. The third-order valence-electron chi connectivity index (χ3n) is 2.88. The summed E-state index contributed by atoms with van der Waals surface area (Å²) in [6.45, 7) is 5.64. The molecule has 0 aliphatic heterocycles. The zero-order valence-corrected chi connectivity index (χ0v) is 12.2. The number of rotatable bonds is 4. The summed E-state index contributed by atoms with van der Waals surface area (Å²) >= 11 is 0. The number of carbonyl (C=O) groups excluding carboxylic acids is 1. The Hall–Kier alpha value is -2.63. The van der Waals surface area contributed by atoms with Crippen LogP contribution < -0.4 is 15.6 Å². The molecule has 0 atom stereocenters. The van der Waals surface area contributed by atoms with E-state index in [1.165, 1.54) is 0 Å². The van der Waals surface area contributed by atoms with E-state index < -0.39 is 11.5 Å². The van der Waals surface area contributed by atoms with Crippen molar-refractivity contribution in [1.82, 2.24) is 9.97 Å². The van der Waals surface area contributed by atoms with Crippen LogP contribution in [0.2, 0.25) is 0 Å². The summed E-state index contributed by atoms with van der Waals surface area (Å²) in [5, 5.41) is 2.69. The van der Waals surface area contributed by atoms with Crippen LogP contribution >= 0.6 is 0 Å². The molecule has 0 radical (unpaired) electrons. The topological polar surface area (TPSA) is 84.1 Å². The zero-order valence-electron chi connectivity index (χ0n) is 12.2. The van der Waals surface area contributed by atoms with Crippen molar-refractivity contribution >= 4 is 11.6 Å². The number of nitrogens with one attached hydrogen (secondary N) is 2. The molecular weight excluding hydrogens is 270 g/mol. The maximum Gasteiger partial charge on any atom is 0.264 e. The first-order valence-electron chi connectivity index (χ1n) is 6.63. The highest BCUT2D eigenvalue weighted by Crippen LogP contribution is 2.24. The molecule has 1 amide bonds. The number of amides is 1. The maximum atomic E-state index is 12.3. The van der Waals surface area contributed by atoms with Gasteiger partial charge in [-0.1, -0.05) is 12.1 Å². The molecule has 21 heavy (non-hydrogen) atoms. The van der Waals surface area contributed by atoms with Gasteiger partial charge in [-0.05, 0) is 32.9 Å². The van der Waals surface area contributed by atoms with Crippen LogP contribution in [0.1, 0.15) is 28.8 Å². The predicted molar refractivity (Wildman–Crippen MR) is 79.9 cm³/mol. The van der Waals surface area contributed by atoms with Crippen molar-refractivity contribution < 1.29 is 9.53 Å². The number of aromatic amines is 1.